The van der Waals surface area contributed by atoms with Crippen molar-refractivity contribution in [2.75, 3.05) is 13.2 Å². The quantitative estimate of drug-likeness (QED) is 0.791. The van der Waals surface area contributed by atoms with Gasteiger partial charge in [-0.1, -0.05) is 0 Å². The average Bonchev–Trinajstić information content (AvgIpc) is 2.74. The maximum atomic E-state index is 12.7. The molecule has 0 spiro atoms. The van der Waals surface area contributed by atoms with Gasteiger partial charge in [-0.3, -0.25) is 4.79 Å². The van der Waals surface area contributed by atoms with Crippen molar-refractivity contribution in [3.8, 4) is 0 Å². The van der Waals surface area contributed by atoms with Crippen molar-refractivity contribution in [1.82, 2.24) is 9.88 Å². The van der Waals surface area contributed by atoms with Gasteiger partial charge in [0.05, 0.1) is 6.54 Å². The molecule has 0 radical (unpaired) electrons. The number of aliphatic hydroxyl groups is 1. The van der Waals surface area contributed by atoms with E-state index >= 15 is 0 Å². The van der Waals surface area contributed by atoms with Crippen molar-refractivity contribution in [2.24, 2.45) is 0 Å². The number of carbonyl (C=O) groups is 1. The molecule has 4 nitrogen and oxygen atoms in total. The maximum absolute atomic E-state index is 12.7. The lowest BCUT2D eigenvalue weighted by Crippen LogP contribution is -2.39. The number of carbonyl (C=O) groups excluding carboxylic acids is 1. The van der Waals surface area contributed by atoms with Gasteiger partial charge in [-0.2, -0.15) is 0 Å². The second kappa shape index (κ2) is 5.07. The predicted octanol–water partition coefficient (Wildman–Crippen LogP) is 0.865. The van der Waals surface area contributed by atoms with Crippen LogP contribution >= 0.6 is 0 Å². The van der Waals surface area contributed by atoms with Crippen molar-refractivity contribution in [3.63, 3.8) is 0 Å². The lowest BCUT2D eigenvalue weighted by Gasteiger charge is -2.14. The SMILES string of the molecule is CCn1cccc1C(=O)NCC(F)(F)CO. The summed E-state index contributed by atoms with van der Waals surface area (Å²) >= 11 is 0. The molecular weight excluding hydrogens is 218 g/mol. The molecule has 0 aliphatic carbocycles. The van der Waals surface area contributed by atoms with Gasteiger partial charge in [0, 0.05) is 12.7 Å². The van der Waals surface area contributed by atoms with Crippen LogP contribution in [0.5, 0.6) is 0 Å². The van der Waals surface area contributed by atoms with E-state index in [0.29, 0.717) is 12.2 Å². The zero-order valence-corrected chi connectivity index (χ0v) is 8.91. The third-order valence-corrected chi connectivity index (χ3v) is 2.14. The van der Waals surface area contributed by atoms with Crippen molar-refractivity contribution in [3.05, 3.63) is 24.0 Å². The second-order valence-corrected chi connectivity index (χ2v) is 3.38. The Hall–Kier alpha value is -1.43. The van der Waals surface area contributed by atoms with Crippen molar-refractivity contribution in [2.45, 2.75) is 19.4 Å². The average molecular weight is 232 g/mol. The van der Waals surface area contributed by atoms with Gasteiger partial charge >= 0.3 is 0 Å². The fraction of sp³-hybridized carbons (Fsp3) is 0.500. The van der Waals surface area contributed by atoms with Crippen LogP contribution in [0.4, 0.5) is 8.78 Å². The van der Waals surface area contributed by atoms with E-state index in [1.807, 2.05) is 6.92 Å². The number of aliphatic hydroxyl groups excluding tert-OH is 1. The molecule has 0 bridgehead atoms. The molecule has 0 unspecified atom stereocenters. The lowest BCUT2D eigenvalue weighted by atomic mass is 10.3. The summed E-state index contributed by atoms with van der Waals surface area (Å²) in [4.78, 5) is 11.5. The fourth-order valence-electron chi connectivity index (χ4n) is 1.25. The van der Waals surface area contributed by atoms with Crippen LogP contribution in [-0.2, 0) is 6.54 Å². The van der Waals surface area contributed by atoms with Crippen LogP contribution in [0.15, 0.2) is 18.3 Å². The Morgan fingerprint density at radius 2 is 2.31 bits per heavy atom. The topological polar surface area (TPSA) is 54.3 Å². The molecule has 1 aromatic heterocycles. The first-order valence-electron chi connectivity index (χ1n) is 4.92. The van der Waals surface area contributed by atoms with E-state index in [9.17, 15) is 13.6 Å². The standard InChI is InChI=1S/C10H14F2N2O2/c1-2-14-5-3-4-8(14)9(16)13-6-10(11,12)7-15/h3-5,15H,2,6-7H2,1H3,(H,13,16). The van der Waals surface area contributed by atoms with Crippen LogP contribution < -0.4 is 5.32 Å². The first kappa shape index (κ1) is 12.6. The van der Waals surface area contributed by atoms with Gasteiger partial charge in [-0.05, 0) is 19.1 Å². The predicted molar refractivity (Wildman–Crippen MR) is 54.5 cm³/mol. The smallest absolute Gasteiger partial charge is 0.287 e. The highest BCUT2D eigenvalue weighted by molar-refractivity contribution is 5.92. The molecule has 1 rings (SSSR count). The molecule has 0 atom stereocenters. The lowest BCUT2D eigenvalue weighted by molar-refractivity contribution is -0.0462. The Labute approximate surface area is 91.9 Å². The summed E-state index contributed by atoms with van der Waals surface area (Å²) in [6.45, 7) is 0.296. The van der Waals surface area contributed by atoms with Crippen molar-refractivity contribution in [1.29, 1.82) is 0 Å². The minimum absolute atomic E-state index is 0.330. The zero-order chi connectivity index (χ0) is 12.2. The molecule has 1 aromatic rings. The minimum Gasteiger partial charge on any atom is -0.390 e. The second-order valence-electron chi connectivity index (χ2n) is 3.38. The first-order valence-corrected chi connectivity index (χ1v) is 4.92. The summed E-state index contributed by atoms with van der Waals surface area (Å²) in [5.41, 5.74) is 0.330. The number of aryl methyl sites for hydroxylation is 1. The molecule has 0 aromatic carbocycles. The Morgan fingerprint density at radius 1 is 1.62 bits per heavy atom. The third kappa shape index (κ3) is 3.03. The van der Waals surface area contributed by atoms with Crippen molar-refractivity contribution < 1.29 is 18.7 Å². The zero-order valence-electron chi connectivity index (χ0n) is 8.91. The van der Waals surface area contributed by atoms with Gasteiger partial charge in [-0.25, -0.2) is 8.78 Å². The van der Waals surface area contributed by atoms with Gasteiger partial charge in [0.25, 0.3) is 11.8 Å². The van der Waals surface area contributed by atoms with Crippen LogP contribution in [0.3, 0.4) is 0 Å². The van der Waals surface area contributed by atoms with E-state index in [-0.39, 0.29) is 0 Å². The van der Waals surface area contributed by atoms with Gasteiger partial charge in [0.15, 0.2) is 0 Å². The molecule has 1 amide bonds. The Kier molecular flexibility index (Phi) is 4.00. The highest BCUT2D eigenvalue weighted by Crippen LogP contribution is 2.10. The number of nitrogens with zero attached hydrogens (tertiary/aromatic N) is 1. The number of halogens is 2. The normalized spacial score (nSPS) is 11.5. The Bertz CT molecular complexity index is 363. The van der Waals surface area contributed by atoms with Crippen LogP contribution in [0.1, 0.15) is 17.4 Å². The van der Waals surface area contributed by atoms with Crippen LogP contribution in [0.2, 0.25) is 0 Å². The van der Waals surface area contributed by atoms with Crippen LogP contribution in [-0.4, -0.2) is 34.7 Å². The summed E-state index contributed by atoms with van der Waals surface area (Å²) in [5, 5.41) is 10.4. The number of alkyl halides is 2. The molecule has 0 fully saturated rings. The minimum atomic E-state index is -3.28. The largest absolute Gasteiger partial charge is 0.390 e. The molecular formula is C10H14F2N2O2. The molecule has 1 heterocycles. The molecule has 2 N–H and O–H groups in total. The van der Waals surface area contributed by atoms with E-state index in [1.165, 1.54) is 0 Å². The molecule has 6 heteroatoms. The molecule has 90 valence electrons. The van der Waals surface area contributed by atoms with E-state index in [1.54, 1.807) is 22.9 Å². The summed E-state index contributed by atoms with van der Waals surface area (Å²) in [6.07, 6.45) is 1.69. The van der Waals surface area contributed by atoms with Gasteiger partial charge < -0.3 is 15.0 Å². The van der Waals surface area contributed by atoms with Gasteiger partial charge in [0.1, 0.15) is 12.3 Å². The molecule has 0 saturated carbocycles. The summed E-state index contributed by atoms with van der Waals surface area (Å²) in [6, 6.07) is 3.22. The van der Waals surface area contributed by atoms with Gasteiger partial charge in [0.2, 0.25) is 0 Å². The number of hydrogen-bond acceptors (Lipinski definition) is 2. The Balaban J connectivity index is 2.60. The molecule has 16 heavy (non-hydrogen) atoms. The van der Waals surface area contributed by atoms with E-state index in [0.717, 1.165) is 0 Å². The fourth-order valence-corrected chi connectivity index (χ4v) is 1.25. The summed E-state index contributed by atoms with van der Waals surface area (Å²) in [7, 11) is 0. The number of hydrogen-bond donors (Lipinski definition) is 2. The molecule has 0 aliphatic heterocycles. The maximum Gasteiger partial charge on any atom is 0.287 e. The van der Waals surface area contributed by atoms with Crippen LogP contribution in [0, 0.1) is 0 Å². The number of amides is 1. The van der Waals surface area contributed by atoms with Crippen molar-refractivity contribution >= 4 is 5.91 Å². The highest BCUT2D eigenvalue weighted by atomic mass is 19.3. The van der Waals surface area contributed by atoms with Crippen LogP contribution in [0.25, 0.3) is 0 Å². The number of nitrogens with one attached hydrogen (secondary N) is 1. The monoisotopic (exact) mass is 232 g/mol. The Morgan fingerprint density at radius 3 is 2.88 bits per heavy atom. The van der Waals surface area contributed by atoms with Gasteiger partial charge in [-0.15, -0.1) is 0 Å². The highest BCUT2D eigenvalue weighted by Gasteiger charge is 2.28. The number of aromatic nitrogens is 1. The summed E-state index contributed by atoms with van der Waals surface area (Å²) < 4.78 is 27.0. The molecule has 0 saturated heterocycles. The van der Waals surface area contributed by atoms with E-state index in [2.05, 4.69) is 5.32 Å². The third-order valence-electron chi connectivity index (χ3n) is 2.14. The summed E-state index contributed by atoms with van der Waals surface area (Å²) in [5.74, 6) is -3.85. The van der Waals surface area contributed by atoms with E-state index < -0.39 is 25.0 Å². The molecule has 0 aliphatic rings. The van der Waals surface area contributed by atoms with E-state index in [4.69, 9.17) is 5.11 Å². The number of rotatable bonds is 5. The first-order chi connectivity index (χ1) is 7.50.